The van der Waals surface area contributed by atoms with Gasteiger partial charge in [0, 0.05) is 25.0 Å². The third-order valence-electron chi connectivity index (χ3n) is 4.20. The number of carbonyl (C=O) groups is 1. The maximum absolute atomic E-state index is 12.1. The second-order valence-corrected chi connectivity index (χ2v) is 5.77. The lowest BCUT2D eigenvalue weighted by Gasteiger charge is -2.35. The molecule has 0 aromatic carbocycles. The Morgan fingerprint density at radius 3 is 2.78 bits per heavy atom. The molecule has 18 heavy (non-hydrogen) atoms. The first-order chi connectivity index (χ1) is 8.60. The van der Waals surface area contributed by atoms with Crippen LogP contribution in [-0.4, -0.2) is 36.5 Å². The molecule has 1 aliphatic rings. The summed E-state index contributed by atoms with van der Waals surface area (Å²) in [6, 6.07) is 0.448. The van der Waals surface area contributed by atoms with E-state index in [1.165, 1.54) is 6.42 Å². The van der Waals surface area contributed by atoms with Gasteiger partial charge in [-0.1, -0.05) is 34.1 Å². The Morgan fingerprint density at radius 2 is 2.17 bits per heavy atom. The van der Waals surface area contributed by atoms with E-state index >= 15 is 0 Å². The summed E-state index contributed by atoms with van der Waals surface area (Å²) in [5.74, 6) is 1.21. The van der Waals surface area contributed by atoms with Crippen molar-refractivity contribution < 1.29 is 4.79 Å². The first-order valence-corrected chi connectivity index (χ1v) is 7.62. The Morgan fingerprint density at radius 1 is 1.44 bits per heavy atom. The molecule has 0 aromatic rings. The molecular weight excluding hydrogens is 224 g/mol. The standard InChI is InChI=1S/C15H30N2O/c1-5-9-16-14(12(3)6-2)11-17-10-7-8-13(4)15(17)18/h12-14,16H,5-11H2,1-4H3. The van der Waals surface area contributed by atoms with Crippen molar-refractivity contribution in [2.75, 3.05) is 19.6 Å². The van der Waals surface area contributed by atoms with E-state index in [-0.39, 0.29) is 5.92 Å². The molecule has 1 rings (SSSR count). The van der Waals surface area contributed by atoms with Crippen molar-refractivity contribution in [1.29, 1.82) is 0 Å². The second kappa shape index (κ2) is 7.78. The Labute approximate surface area is 112 Å². The molecule has 3 nitrogen and oxygen atoms in total. The highest BCUT2D eigenvalue weighted by Gasteiger charge is 2.28. The Balaban J connectivity index is 2.55. The Hall–Kier alpha value is -0.570. The summed E-state index contributed by atoms with van der Waals surface area (Å²) in [6.45, 7) is 11.6. The maximum atomic E-state index is 12.1. The van der Waals surface area contributed by atoms with E-state index in [0.29, 0.717) is 17.9 Å². The van der Waals surface area contributed by atoms with Gasteiger partial charge in [0.25, 0.3) is 0 Å². The van der Waals surface area contributed by atoms with Crippen molar-refractivity contribution in [2.45, 2.75) is 59.4 Å². The van der Waals surface area contributed by atoms with E-state index in [0.717, 1.165) is 38.9 Å². The summed E-state index contributed by atoms with van der Waals surface area (Å²) in [4.78, 5) is 14.2. The zero-order valence-corrected chi connectivity index (χ0v) is 12.5. The summed E-state index contributed by atoms with van der Waals surface area (Å²) in [7, 11) is 0. The van der Waals surface area contributed by atoms with Gasteiger partial charge in [0.05, 0.1) is 0 Å². The van der Waals surface area contributed by atoms with Crippen molar-refractivity contribution in [3.63, 3.8) is 0 Å². The molecule has 0 aliphatic carbocycles. The van der Waals surface area contributed by atoms with Gasteiger partial charge in [0.1, 0.15) is 0 Å². The van der Waals surface area contributed by atoms with Gasteiger partial charge in [0.15, 0.2) is 0 Å². The van der Waals surface area contributed by atoms with Gasteiger partial charge in [-0.2, -0.15) is 0 Å². The molecule has 0 saturated carbocycles. The number of carbonyl (C=O) groups excluding carboxylic acids is 1. The van der Waals surface area contributed by atoms with Gasteiger partial charge < -0.3 is 10.2 Å². The molecule has 3 heteroatoms. The van der Waals surface area contributed by atoms with E-state index in [9.17, 15) is 4.79 Å². The van der Waals surface area contributed by atoms with Crippen molar-refractivity contribution in [3.8, 4) is 0 Å². The number of hydrogen-bond donors (Lipinski definition) is 1. The molecule has 3 unspecified atom stereocenters. The molecule has 1 N–H and O–H groups in total. The van der Waals surface area contributed by atoms with E-state index in [4.69, 9.17) is 0 Å². The van der Waals surface area contributed by atoms with E-state index in [1.807, 2.05) is 0 Å². The third-order valence-corrected chi connectivity index (χ3v) is 4.20. The predicted molar refractivity (Wildman–Crippen MR) is 76.5 cm³/mol. The highest BCUT2D eigenvalue weighted by molar-refractivity contribution is 5.79. The molecule has 0 radical (unpaired) electrons. The van der Waals surface area contributed by atoms with Crippen LogP contribution in [0.1, 0.15) is 53.4 Å². The largest absolute Gasteiger partial charge is 0.341 e. The normalized spacial score (nSPS) is 24.1. The van der Waals surface area contributed by atoms with Gasteiger partial charge in [-0.25, -0.2) is 0 Å². The summed E-state index contributed by atoms with van der Waals surface area (Å²) >= 11 is 0. The quantitative estimate of drug-likeness (QED) is 0.757. The fourth-order valence-electron chi connectivity index (χ4n) is 2.61. The van der Waals surface area contributed by atoms with Crippen LogP contribution in [0.25, 0.3) is 0 Å². The molecule has 1 heterocycles. The first kappa shape index (κ1) is 15.5. The van der Waals surface area contributed by atoms with Crippen LogP contribution in [0.5, 0.6) is 0 Å². The minimum absolute atomic E-state index is 0.225. The van der Waals surface area contributed by atoms with Crippen molar-refractivity contribution in [3.05, 3.63) is 0 Å². The topological polar surface area (TPSA) is 32.3 Å². The smallest absolute Gasteiger partial charge is 0.225 e. The second-order valence-electron chi connectivity index (χ2n) is 5.77. The van der Waals surface area contributed by atoms with Crippen LogP contribution in [0.4, 0.5) is 0 Å². The molecule has 0 bridgehead atoms. The average molecular weight is 254 g/mol. The van der Waals surface area contributed by atoms with Crippen LogP contribution in [0.3, 0.4) is 0 Å². The monoisotopic (exact) mass is 254 g/mol. The minimum atomic E-state index is 0.225. The van der Waals surface area contributed by atoms with Gasteiger partial charge in [-0.15, -0.1) is 0 Å². The number of rotatable bonds is 7. The van der Waals surface area contributed by atoms with Crippen LogP contribution < -0.4 is 5.32 Å². The molecule has 106 valence electrons. The number of piperidine rings is 1. The van der Waals surface area contributed by atoms with E-state index < -0.39 is 0 Å². The van der Waals surface area contributed by atoms with Gasteiger partial charge in [-0.05, 0) is 31.7 Å². The van der Waals surface area contributed by atoms with Crippen molar-refractivity contribution in [2.24, 2.45) is 11.8 Å². The summed E-state index contributed by atoms with van der Waals surface area (Å²) in [5, 5.41) is 3.61. The van der Waals surface area contributed by atoms with Gasteiger partial charge in [0.2, 0.25) is 5.91 Å². The highest BCUT2D eigenvalue weighted by Crippen LogP contribution is 2.19. The zero-order chi connectivity index (χ0) is 13.5. The molecule has 1 fully saturated rings. The molecule has 1 saturated heterocycles. The lowest BCUT2D eigenvalue weighted by molar-refractivity contribution is -0.138. The summed E-state index contributed by atoms with van der Waals surface area (Å²) in [6.07, 6.45) is 4.54. The lowest BCUT2D eigenvalue weighted by Crippen LogP contribution is -2.50. The van der Waals surface area contributed by atoms with Crippen LogP contribution in [0, 0.1) is 11.8 Å². The third kappa shape index (κ3) is 4.27. The Bertz CT molecular complexity index is 255. The minimum Gasteiger partial charge on any atom is -0.341 e. The van der Waals surface area contributed by atoms with Gasteiger partial charge in [-0.3, -0.25) is 4.79 Å². The van der Waals surface area contributed by atoms with Crippen LogP contribution in [0.2, 0.25) is 0 Å². The number of nitrogens with zero attached hydrogens (tertiary/aromatic N) is 1. The predicted octanol–water partition coefficient (Wildman–Crippen LogP) is 2.66. The molecule has 1 amide bonds. The Kier molecular flexibility index (Phi) is 6.69. The molecular formula is C15H30N2O. The maximum Gasteiger partial charge on any atom is 0.225 e. The van der Waals surface area contributed by atoms with Crippen LogP contribution >= 0.6 is 0 Å². The highest BCUT2D eigenvalue weighted by atomic mass is 16.2. The SMILES string of the molecule is CCCNC(CN1CCCC(C)C1=O)C(C)CC. The summed E-state index contributed by atoms with van der Waals surface area (Å²) < 4.78 is 0. The molecule has 0 aromatic heterocycles. The lowest BCUT2D eigenvalue weighted by atomic mass is 9.95. The number of nitrogens with one attached hydrogen (secondary N) is 1. The number of likely N-dealkylation sites (tertiary alicyclic amines) is 1. The molecule has 3 atom stereocenters. The number of hydrogen-bond acceptors (Lipinski definition) is 2. The van der Waals surface area contributed by atoms with Crippen molar-refractivity contribution >= 4 is 5.91 Å². The number of amides is 1. The fraction of sp³-hybridized carbons (Fsp3) is 0.933. The van der Waals surface area contributed by atoms with E-state index in [1.54, 1.807) is 0 Å². The van der Waals surface area contributed by atoms with Crippen molar-refractivity contribution in [1.82, 2.24) is 10.2 Å². The van der Waals surface area contributed by atoms with Crippen LogP contribution in [0.15, 0.2) is 0 Å². The van der Waals surface area contributed by atoms with E-state index in [2.05, 4.69) is 37.9 Å². The molecule has 1 aliphatic heterocycles. The average Bonchev–Trinajstić information content (AvgIpc) is 2.38. The van der Waals surface area contributed by atoms with Crippen LogP contribution in [-0.2, 0) is 4.79 Å². The summed E-state index contributed by atoms with van der Waals surface area (Å²) in [5.41, 5.74) is 0. The fourth-order valence-corrected chi connectivity index (χ4v) is 2.61. The molecule has 0 spiro atoms. The van der Waals surface area contributed by atoms with Gasteiger partial charge >= 0.3 is 0 Å². The zero-order valence-electron chi connectivity index (χ0n) is 12.5. The first-order valence-electron chi connectivity index (χ1n) is 7.62.